The monoisotopic (exact) mass is 416 g/mol. The van der Waals surface area contributed by atoms with Gasteiger partial charge in [-0.2, -0.15) is 5.10 Å². The number of hydrogen-bond donors (Lipinski definition) is 2. The standard InChI is InChI=1S/C13H17IN6O2/c1-7(21)13(22)19-4-2-8(3-5-19)20-12-9(10(14)18-20)11(15)16-6-17-12/h6-8,21H,2-5H2,1H3,(H2,15,16,17)/t7-/m1/s1. The molecule has 2 aromatic heterocycles. The molecule has 3 N–H and O–H groups in total. The second-order valence-electron chi connectivity index (χ2n) is 5.43. The zero-order chi connectivity index (χ0) is 15.9. The van der Waals surface area contributed by atoms with Gasteiger partial charge in [-0.15, -0.1) is 0 Å². The number of halogens is 1. The number of rotatable bonds is 2. The van der Waals surface area contributed by atoms with Crippen LogP contribution in [0.3, 0.4) is 0 Å². The fourth-order valence-electron chi connectivity index (χ4n) is 2.80. The van der Waals surface area contributed by atoms with Crippen LogP contribution < -0.4 is 5.73 Å². The van der Waals surface area contributed by atoms with E-state index in [0.717, 1.165) is 27.6 Å². The highest BCUT2D eigenvalue weighted by Gasteiger charge is 2.28. The van der Waals surface area contributed by atoms with E-state index in [1.807, 2.05) is 4.68 Å². The summed E-state index contributed by atoms with van der Waals surface area (Å²) in [6.45, 7) is 2.71. The van der Waals surface area contributed by atoms with E-state index in [-0.39, 0.29) is 11.9 Å². The van der Waals surface area contributed by atoms with E-state index in [4.69, 9.17) is 5.73 Å². The quantitative estimate of drug-likeness (QED) is 0.693. The summed E-state index contributed by atoms with van der Waals surface area (Å²) >= 11 is 2.13. The molecule has 1 atom stereocenters. The van der Waals surface area contributed by atoms with Crippen LogP contribution in [0.5, 0.6) is 0 Å². The number of amides is 1. The number of carbonyl (C=O) groups excluding carboxylic acids is 1. The maximum absolute atomic E-state index is 11.8. The van der Waals surface area contributed by atoms with Crippen LogP contribution in [0, 0.1) is 3.70 Å². The van der Waals surface area contributed by atoms with Crippen molar-refractivity contribution in [1.29, 1.82) is 0 Å². The third kappa shape index (κ3) is 2.62. The molecule has 0 bridgehead atoms. The molecule has 118 valence electrons. The zero-order valence-electron chi connectivity index (χ0n) is 12.1. The van der Waals surface area contributed by atoms with Gasteiger partial charge in [-0.3, -0.25) is 4.79 Å². The fraction of sp³-hybridized carbons (Fsp3) is 0.538. The number of aliphatic hydroxyl groups excluding tert-OH is 1. The van der Waals surface area contributed by atoms with Crippen LogP contribution in [0.1, 0.15) is 25.8 Å². The number of carbonyl (C=O) groups is 1. The molecule has 1 aliphatic heterocycles. The van der Waals surface area contributed by atoms with Crippen molar-refractivity contribution in [3.63, 3.8) is 0 Å². The Kier molecular flexibility index (Phi) is 4.17. The van der Waals surface area contributed by atoms with Crippen LogP contribution >= 0.6 is 22.6 Å². The van der Waals surface area contributed by atoms with Crippen LogP contribution in [0.2, 0.25) is 0 Å². The van der Waals surface area contributed by atoms with Crippen molar-refractivity contribution in [2.45, 2.75) is 31.9 Å². The molecule has 1 aliphatic rings. The lowest BCUT2D eigenvalue weighted by atomic mass is 10.0. The largest absolute Gasteiger partial charge is 0.384 e. The highest BCUT2D eigenvalue weighted by atomic mass is 127. The summed E-state index contributed by atoms with van der Waals surface area (Å²) in [5, 5.41) is 14.7. The molecular weight excluding hydrogens is 399 g/mol. The Bertz CT molecular complexity index is 708. The van der Waals surface area contributed by atoms with Gasteiger partial charge in [0.05, 0.1) is 11.4 Å². The maximum atomic E-state index is 11.8. The molecule has 0 unspecified atom stereocenters. The number of piperidine rings is 1. The Morgan fingerprint density at radius 2 is 2.14 bits per heavy atom. The minimum atomic E-state index is -0.949. The third-order valence-electron chi connectivity index (χ3n) is 3.95. The number of fused-ring (bicyclic) bond motifs is 1. The molecule has 0 aromatic carbocycles. The first-order valence-corrected chi connectivity index (χ1v) is 8.18. The number of aromatic nitrogens is 4. The number of nitrogens with two attached hydrogens (primary N) is 1. The summed E-state index contributed by atoms with van der Waals surface area (Å²) in [5.41, 5.74) is 6.64. The summed E-state index contributed by atoms with van der Waals surface area (Å²) in [6, 6.07) is 0.165. The second-order valence-corrected chi connectivity index (χ2v) is 6.45. The van der Waals surface area contributed by atoms with Gasteiger partial charge in [0.15, 0.2) is 5.65 Å². The van der Waals surface area contributed by atoms with Crippen molar-refractivity contribution in [3.8, 4) is 0 Å². The second kappa shape index (κ2) is 5.95. The molecule has 3 rings (SSSR count). The molecule has 2 aromatic rings. The smallest absolute Gasteiger partial charge is 0.251 e. The Balaban J connectivity index is 1.83. The van der Waals surface area contributed by atoms with E-state index in [1.54, 1.807) is 4.90 Å². The fourth-order valence-corrected chi connectivity index (χ4v) is 3.55. The summed E-state index contributed by atoms with van der Waals surface area (Å²) < 4.78 is 2.67. The first-order chi connectivity index (χ1) is 10.5. The molecule has 9 heteroatoms. The Hall–Kier alpha value is -1.49. The van der Waals surface area contributed by atoms with Crippen LogP contribution in [0.25, 0.3) is 11.0 Å². The van der Waals surface area contributed by atoms with Gasteiger partial charge in [0.25, 0.3) is 5.91 Å². The normalized spacial score (nSPS) is 17.9. The lowest BCUT2D eigenvalue weighted by Crippen LogP contribution is -2.43. The maximum Gasteiger partial charge on any atom is 0.251 e. The number of nitrogen functional groups attached to an aromatic ring is 1. The molecule has 1 amide bonds. The van der Waals surface area contributed by atoms with Gasteiger partial charge in [0.1, 0.15) is 21.9 Å². The lowest BCUT2D eigenvalue weighted by Gasteiger charge is -2.32. The van der Waals surface area contributed by atoms with E-state index in [1.165, 1.54) is 13.3 Å². The lowest BCUT2D eigenvalue weighted by molar-refractivity contribution is -0.140. The minimum Gasteiger partial charge on any atom is -0.384 e. The summed E-state index contributed by atoms with van der Waals surface area (Å²) in [6.07, 6.45) is 2.04. The Labute approximate surface area is 140 Å². The minimum absolute atomic E-state index is 0.165. The van der Waals surface area contributed by atoms with Crippen molar-refractivity contribution in [3.05, 3.63) is 10.0 Å². The van der Waals surface area contributed by atoms with E-state index in [9.17, 15) is 9.90 Å². The number of hydrogen-bond acceptors (Lipinski definition) is 6. The summed E-state index contributed by atoms with van der Waals surface area (Å²) in [7, 11) is 0. The average Bonchev–Trinajstić information content (AvgIpc) is 2.85. The Morgan fingerprint density at radius 1 is 1.45 bits per heavy atom. The first-order valence-electron chi connectivity index (χ1n) is 7.10. The first kappa shape index (κ1) is 15.4. The molecule has 22 heavy (non-hydrogen) atoms. The summed E-state index contributed by atoms with van der Waals surface area (Å²) in [4.78, 5) is 21.8. The van der Waals surface area contributed by atoms with Crippen molar-refractivity contribution >= 4 is 45.3 Å². The van der Waals surface area contributed by atoms with Gasteiger partial charge in [0.2, 0.25) is 0 Å². The van der Waals surface area contributed by atoms with Gasteiger partial charge in [0, 0.05) is 13.1 Å². The van der Waals surface area contributed by atoms with Crippen LogP contribution in [-0.4, -0.2) is 54.9 Å². The van der Waals surface area contributed by atoms with Gasteiger partial charge in [-0.1, -0.05) is 0 Å². The number of aliphatic hydroxyl groups is 1. The van der Waals surface area contributed by atoms with Gasteiger partial charge in [-0.25, -0.2) is 14.6 Å². The summed E-state index contributed by atoms with van der Waals surface area (Å²) in [5.74, 6) is 0.215. The van der Waals surface area contributed by atoms with E-state index in [0.29, 0.717) is 18.9 Å². The predicted octanol–water partition coefficient (Wildman–Crippen LogP) is 0.557. The molecule has 3 heterocycles. The van der Waals surface area contributed by atoms with Gasteiger partial charge < -0.3 is 15.7 Å². The number of nitrogens with zero attached hydrogens (tertiary/aromatic N) is 5. The van der Waals surface area contributed by atoms with E-state index < -0.39 is 6.10 Å². The highest BCUT2D eigenvalue weighted by Crippen LogP contribution is 2.29. The highest BCUT2D eigenvalue weighted by molar-refractivity contribution is 14.1. The van der Waals surface area contributed by atoms with Crippen LogP contribution in [0.15, 0.2) is 6.33 Å². The van der Waals surface area contributed by atoms with E-state index >= 15 is 0 Å². The molecule has 0 radical (unpaired) electrons. The topological polar surface area (TPSA) is 110 Å². The zero-order valence-corrected chi connectivity index (χ0v) is 14.3. The van der Waals surface area contributed by atoms with Crippen molar-refractivity contribution in [1.82, 2.24) is 24.6 Å². The average molecular weight is 416 g/mol. The van der Waals surface area contributed by atoms with Gasteiger partial charge in [-0.05, 0) is 42.4 Å². The predicted molar refractivity (Wildman–Crippen MR) is 89.0 cm³/mol. The molecule has 1 saturated heterocycles. The number of anilines is 1. The molecule has 0 spiro atoms. The van der Waals surface area contributed by atoms with Crippen molar-refractivity contribution < 1.29 is 9.90 Å². The third-order valence-corrected chi connectivity index (χ3v) is 4.71. The van der Waals surface area contributed by atoms with E-state index in [2.05, 4.69) is 37.7 Å². The molecule has 0 saturated carbocycles. The van der Waals surface area contributed by atoms with Crippen LogP contribution in [0.4, 0.5) is 5.82 Å². The van der Waals surface area contributed by atoms with Crippen molar-refractivity contribution in [2.75, 3.05) is 18.8 Å². The SMILES string of the molecule is C[C@@H](O)C(=O)N1CCC(n2nc(I)c3c(N)ncnc32)CC1. The molecule has 1 fully saturated rings. The van der Waals surface area contributed by atoms with Crippen LogP contribution in [-0.2, 0) is 4.79 Å². The van der Waals surface area contributed by atoms with Gasteiger partial charge >= 0.3 is 0 Å². The van der Waals surface area contributed by atoms with Crippen molar-refractivity contribution in [2.24, 2.45) is 0 Å². The molecule has 8 nitrogen and oxygen atoms in total. The number of likely N-dealkylation sites (tertiary alicyclic amines) is 1. The Morgan fingerprint density at radius 3 is 2.77 bits per heavy atom. The molecule has 0 aliphatic carbocycles. The molecular formula is C13H17IN6O2.